The van der Waals surface area contributed by atoms with Crippen LogP contribution in [0.4, 0.5) is 37.7 Å². The molecule has 1 aliphatic heterocycles. The van der Waals surface area contributed by atoms with Crippen LogP contribution in [-0.2, 0) is 25.9 Å². The number of aryl methyl sites for hydroxylation is 6. The number of anilines is 2. The molecule has 4 fully saturated rings. The van der Waals surface area contributed by atoms with E-state index >= 15 is 0 Å². The third-order valence-corrected chi connectivity index (χ3v) is 24.6. The number of halogens is 8. The Labute approximate surface area is 377 Å². The first-order valence-electron chi connectivity index (χ1n) is 21.7. The quantitative estimate of drug-likeness (QED) is 0.105. The number of hydrogen-bond acceptors (Lipinski definition) is 2. The van der Waals surface area contributed by atoms with Crippen molar-refractivity contribution in [3.63, 3.8) is 0 Å². The van der Waals surface area contributed by atoms with Gasteiger partial charge in [0.25, 0.3) is 0 Å². The van der Waals surface area contributed by atoms with Crippen LogP contribution in [0.15, 0.2) is 42.5 Å². The molecule has 342 valence electrons. The molecule has 3 aromatic rings. The van der Waals surface area contributed by atoms with Crippen LogP contribution in [0.3, 0.4) is 0 Å². The third kappa shape index (κ3) is 13.3. The van der Waals surface area contributed by atoms with Crippen molar-refractivity contribution in [1.82, 2.24) is 0 Å². The van der Waals surface area contributed by atoms with Crippen LogP contribution in [-0.4, -0.2) is 42.3 Å². The van der Waals surface area contributed by atoms with Gasteiger partial charge in [-0.15, -0.1) is 0 Å². The summed E-state index contributed by atoms with van der Waals surface area (Å²) in [5, 5.41) is 0. The van der Waals surface area contributed by atoms with Crippen LogP contribution in [0, 0.1) is 48.2 Å². The van der Waals surface area contributed by atoms with Gasteiger partial charge in [0.15, 0.2) is 0 Å². The van der Waals surface area contributed by atoms with E-state index in [0.29, 0.717) is 0 Å². The molecule has 0 aromatic heterocycles. The molecule has 13 heteroatoms. The number of hydrogen-bond donors (Lipinski definition) is 0. The Morgan fingerprint density at radius 2 is 0.869 bits per heavy atom. The van der Waals surface area contributed by atoms with Crippen molar-refractivity contribution in [2.24, 2.45) is 0 Å². The SMILES string of the molecule is Cc1cc(C)c(N2[CH-]N(c3c(C)cc(C)cc3C)CC2)c(C)c1.[BH3-]c1cc(C(F)(F)F)cc(C(F)(F)F)c1.[Cl][Ru]([Cl])=[CH][P+](C1CCCCC1)(C1CCCCC1)C1CCCCC1. The summed E-state index contributed by atoms with van der Waals surface area (Å²) in [6.45, 7) is 17.6. The molecule has 0 N–H and O–H groups in total. The molecule has 3 aromatic carbocycles. The van der Waals surface area contributed by atoms with Crippen molar-refractivity contribution in [2.45, 2.75) is 167 Å². The molecule has 0 radical (unpaired) electrons. The predicted octanol–water partition coefficient (Wildman–Crippen LogP) is 14.4. The maximum atomic E-state index is 12.2. The van der Waals surface area contributed by atoms with Crippen LogP contribution in [0.2, 0.25) is 0 Å². The van der Waals surface area contributed by atoms with Gasteiger partial charge >= 0.3 is 170 Å². The first kappa shape index (κ1) is 50.4. The molecular weight excluding hydrogens is 932 g/mol. The van der Waals surface area contributed by atoms with Crippen molar-refractivity contribution in [3.05, 3.63) is 93.6 Å². The van der Waals surface area contributed by atoms with Crippen LogP contribution < -0.4 is 15.3 Å². The zero-order valence-corrected chi connectivity index (χ0v) is 40.3. The normalized spacial score (nSPS) is 18.9. The molecule has 0 unspecified atom stereocenters. The van der Waals surface area contributed by atoms with Gasteiger partial charge in [-0.3, -0.25) is 0 Å². The fraction of sp³-hybridized carbons (Fsp3) is 0.583. The summed E-state index contributed by atoms with van der Waals surface area (Å²) in [6.07, 6.45) is 12.7. The Hall–Kier alpha value is -1.59. The zero-order chi connectivity index (χ0) is 44.7. The Morgan fingerprint density at radius 3 is 1.15 bits per heavy atom. The van der Waals surface area contributed by atoms with Crippen LogP contribution in [0.1, 0.15) is 141 Å². The summed E-state index contributed by atoms with van der Waals surface area (Å²) in [7, 11) is 11.4. The Bertz CT molecular complexity index is 1760. The fourth-order valence-electron chi connectivity index (χ4n) is 10.7. The molecule has 0 spiro atoms. The maximum absolute atomic E-state index is 12.2. The van der Waals surface area contributed by atoms with Gasteiger partial charge < -0.3 is 9.80 Å². The van der Waals surface area contributed by atoms with Crippen molar-refractivity contribution < 1.29 is 39.9 Å². The van der Waals surface area contributed by atoms with E-state index in [2.05, 4.69) is 86.6 Å². The molecule has 1 heterocycles. The molecule has 4 aliphatic rings. The van der Waals surface area contributed by atoms with Gasteiger partial charge in [0.2, 0.25) is 0 Å². The third-order valence-electron chi connectivity index (χ3n) is 13.0. The van der Waals surface area contributed by atoms with E-state index in [4.69, 9.17) is 19.4 Å². The second-order valence-corrected chi connectivity index (χ2v) is 28.3. The van der Waals surface area contributed by atoms with Gasteiger partial charge in [-0.2, -0.15) is 33.0 Å². The van der Waals surface area contributed by atoms with Gasteiger partial charge in [-0.25, -0.2) is 5.46 Å². The molecule has 2 nitrogen and oxygen atoms in total. The topological polar surface area (TPSA) is 6.48 Å². The van der Waals surface area contributed by atoms with E-state index in [1.165, 1.54) is 141 Å². The average molecular weight is 1000 g/mol. The number of benzene rings is 3. The van der Waals surface area contributed by atoms with Crippen molar-refractivity contribution in [2.75, 3.05) is 22.9 Å². The molecule has 0 amide bonds. The van der Waals surface area contributed by atoms with Crippen molar-refractivity contribution >= 4 is 55.7 Å². The van der Waals surface area contributed by atoms with E-state index < -0.39 is 52.1 Å². The Kier molecular flexibility index (Phi) is 18.2. The van der Waals surface area contributed by atoms with Gasteiger partial charge in [0, 0.05) is 24.5 Å². The first-order chi connectivity index (χ1) is 28.7. The van der Waals surface area contributed by atoms with E-state index in [1.54, 1.807) is 0 Å². The summed E-state index contributed by atoms with van der Waals surface area (Å²) in [4.78, 5) is 4.81. The molecule has 3 saturated carbocycles. The molecule has 0 bridgehead atoms. The van der Waals surface area contributed by atoms with Gasteiger partial charge in [-0.05, 0) is 77.7 Å². The molecule has 61 heavy (non-hydrogen) atoms. The van der Waals surface area contributed by atoms with E-state index in [9.17, 15) is 26.3 Å². The molecular formula is C48H67BCl2F6N2PRu-. The average Bonchev–Trinajstić information content (AvgIpc) is 3.65. The molecule has 3 aliphatic carbocycles. The Balaban J connectivity index is 0.000000178. The molecule has 1 saturated heterocycles. The summed E-state index contributed by atoms with van der Waals surface area (Å²) in [6, 6.07) is 10.8. The van der Waals surface area contributed by atoms with E-state index in [-0.39, 0.29) is 11.5 Å². The summed E-state index contributed by atoms with van der Waals surface area (Å²) in [5.41, 5.74) is 11.6. The van der Waals surface area contributed by atoms with Gasteiger partial charge in [0.05, 0.1) is 11.1 Å². The fourth-order valence-corrected chi connectivity index (χ4v) is 26.3. The van der Waals surface area contributed by atoms with Gasteiger partial charge in [0.1, 0.15) is 0 Å². The van der Waals surface area contributed by atoms with E-state index in [1.807, 2.05) is 0 Å². The number of nitrogens with zero attached hydrogens (tertiary/aromatic N) is 2. The summed E-state index contributed by atoms with van der Waals surface area (Å²) in [5.74, 6) is 0. The summed E-state index contributed by atoms with van der Waals surface area (Å²) < 4.78 is 75.9. The van der Waals surface area contributed by atoms with Crippen molar-refractivity contribution in [3.8, 4) is 0 Å². The molecule has 0 atom stereocenters. The zero-order valence-electron chi connectivity index (χ0n) is 36.2. The van der Waals surface area contributed by atoms with Crippen LogP contribution in [0.25, 0.3) is 0 Å². The predicted molar refractivity (Wildman–Crippen MR) is 252 cm³/mol. The standard InChI is InChI=1S/C21H27N2.C19H34P.C8H6BF6.2ClH.Ru/c1-14-9-16(3)20(17(4)10-14)22-7-8-23(13-22)21-18(5)11-15(2)12-19(21)6;1-20(17-11-5-2-6-12-17,18-13-7-3-8-14-18)19-15-9-4-10-16-19;9-6-2-4(7(10,11)12)1-5(3-6)8(13,14)15;;;/h9-13H,7-8H2,1-6H3;1,17-19H,2-16H2;1-3H,9H3;2*1H;/q-1;+1;-1;;;+2/p-2. The van der Waals surface area contributed by atoms with Crippen LogP contribution in [0.5, 0.6) is 0 Å². The Morgan fingerprint density at radius 1 is 0.557 bits per heavy atom. The van der Waals surface area contributed by atoms with E-state index in [0.717, 1.165) is 42.2 Å². The van der Waals surface area contributed by atoms with Crippen LogP contribution >= 0.6 is 26.6 Å². The number of alkyl halides is 6. The minimum atomic E-state index is -4.72. The van der Waals surface area contributed by atoms with Gasteiger partial charge in [-0.1, -0.05) is 47.5 Å². The second kappa shape index (κ2) is 22.1. The second-order valence-electron chi connectivity index (χ2n) is 17.6. The monoisotopic (exact) mass is 999 g/mol. The minimum absolute atomic E-state index is 0.144. The van der Waals surface area contributed by atoms with Crippen molar-refractivity contribution in [1.29, 1.82) is 0 Å². The first-order valence-corrected chi connectivity index (χ1v) is 29.3. The molecule has 7 rings (SSSR count). The number of rotatable bonds is 6. The summed E-state index contributed by atoms with van der Waals surface area (Å²) >= 11 is -1.68.